The van der Waals surface area contributed by atoms with Gasteiger partial charge in [0.1, 0.15) is 0 Å². The predicted octanol–water partition coefficient (Wildman–Crippen LogP) is 2.72. The minimum Gasteiger partial charge on any atom is -0.481 e. The predicted molar refractivity (Wildman–Crippen MR) is 63.2 cm³/mol. The van der Waals surface area contributed by atoms with Gasteiger partial charge in [0.25, 0.3) is 0 Å². The van der Waals surface area contributed by atoms with E-state index in [4.69, 9.17) is 5.11 Å². The second-order valence-corrected chi connectivity index (χ2v) is 3.26. The summed E-state index contributed by atoms with van der Waals surface area (Å²) in [5.41, 5.74) is 1.08. The highest BCUT2D eigenvalue weighted by atomic mass is 16.4. The molecule has 1 heterocycles. The third-order valence-electron chi connectivity index (χ3n) is 1.97. The second-order valence-electron chi connectivity index (χ2n) is 3.26. The first kappa shape index (κ1) is 12.0. The molecular weight excluding hydrogens is 202 g/mol. The first-order valence-corrected chi connectivity index (χ1v) is 5.12. The summed E-state index contributed by atoms with van der Waals surface area (Å²) in [6.07, 6.45) is 4.58. The van der Waals surface area contributed by atoms with E-state index in [9.17, 15) is 4.79 Å². The number of carboxylic acid groups (broad SMARTS) is 1. The van der Waals surface area contributed by atoms with E-state index in [0.717, 1.165) is 5.56 Å². The second kappa shape index (κ2) is 7.29. The van der Waals surface area contributed by atoms with Crippen LogP contribution < -0.4 is 0 Å². The molecule has 2 N–H and O–H groups in total. The van der Waals surface area contributed by atoms with Crippen molar-refractivity contribution < 1.29 is 9.90 Å². The van der Waals surface area contributed by atoms with E-state index in [1.54, 1.807) is 0 Å². The molecule has 0 aliphatic heterocycles. The van der Waals surface area contributed by atoms with E-state index in [-0.39, 0.29) is 6.42 Å². The molecule has 0 amide bonds. The van der Waals surface area contributed by atoms with Gasteiger partial charge in [-0.3, -0.25) is 4.79 Å². The van der Waals surface area contributed by atoms with Crippen LogP contribution in [0.4, 0.5) is 0 Å². The van der Waals surface area contributed by atoms with Gasteiger partial charge in [0, 0.05) is 18.8 Å². The van der Waals surface area contributed by atoms with Gasteiger partial charge in [-0.25, -0.2) is 0 Å². The molecule has 2 aromatic rings. The highest BCUT2D eigenvalue weighted by molar-refractivity contribution is 5.67. The number of benzene rings is 1. The Bertz CT molecular complexity index is 364. The minimum absolute atomic E-state index is 0.212. The van der Waals surface area contributed by atoms with Crippen LogP contribution in [0.25, 0.3) is 0 Å². The van der Waals surface area contributed by atoms with Gasteiger partial charge in [-0.1, -0.05) is 30.3 Å². The summed E-state index contributed by atoms with van der Waals surface area (Å²) in [6.45, 7) is 0. The fourth-order valence-electron chi connectivity index (χ4n) is 1.17. The van der Waals surface area contributed by atoms with Crippen molar-refractivity contribution in [1.82, 2.24) is 4.98 Å². The molecule has 0 spiro atoms. The lowest BCUT2D eigenvalue weighted by molar-refractivity contribution is -0.136. The van der Waals surface area contributed by atoms with Crippen molar-refractivity contribution in [3.63, 3.8) is 0 Å². The van der Waals surface area contributed by atoms with Crippen molar-refractivity contribution in [2.75, 3.05) is 0 Å². The summed E-state index contributed by atoms with van der Waals surface area (Å²) in [6, 6.07) is 13.5. The summed E-state index contributed by atoms with van der Waals surface area (Å²) in [4.78, 5) is 13.0. The van der Waals surface area contributed by atoms with Crippen molar-refractivity contribution in [2.24, 2.45) is 0 Å². The van der Waals surface area contributed by atoms with Gasteiger partial charge in [-0.15, -0.1) is 0 Å². The van der Waals surface area contributed by atoms with Gasteiger partial charge in [0.2, 0.25) is 0 Å². The van der Waals surface area contributed by atoms with Crippen molar-refractivity contribution >= 4 is 5.97 Å². The molecule has 0 radical (unpaired) electrons. The number of H-pyrrole nitrogens is 1. The summed E-state index contributed by atoms with van der Waals surface area (Å²) >= 11 is 0. The van der Waals surface area contributed by atoms with Crippen LogP contribution in [0.3, 0.4) is 0 Å². The average molecular weight is 217 g/mol. The van der Waals surface area contributed by atoms with Gasteiger partial charge in [0.15, 0.2) is 0 Å². The Balaban J connectivity index is 0.000000212. The van der Waals surface area contributed by atoms with Crippen LogP contribution in [0.1, 0.15) is 12.0 Å². The summed E-state index contributed by atoms with van der Waals surface area (Å²) < 4.78 is 0. The number of aromatic amines is 1. The first-order chi connectivity index (χ1) is 7.79. The quantitative estimate of drug-likeness (QED) is 0.830. The third-order valence-corrected chi connectivity index (χ3v) is 1.97. The van der Waals surface area contributed by atoms with Crippen molar-refractivity contribution in [1.29, 1.82) is 0 Å². The highest BCUT2D eigenvalue weighted by Crippen LogP contribution is 2.01. The van der Waals surface area contributed by atoms with Crippen molar-refractivity contribution in [3.8, 4) is 0 Å². The fourth-order valence-corrected chi connectivity index (χ4v) is 1.17. The zero-order chi connectivity index (χ0) is 11.6. The molecule has 0 bridgehead atoms. The Morgan fingerprint density at radius 3 is 2.12 bits per heavy atom. The van der Waals surface area contributed by atoms with E-state index >= 15 is 0 Å². The number of aliphatic carboxylic acids is 1. The Morgan fingerprint density at radius 2 is 1.69 bits per heavy atom. The summed E-state index contributed by atoms with van der Waals surface area (Å²) in [7, 11) is 0. The molecule has 0 aliphatic rings. The highest BCUT2D eigenvalue weighted by Gasteiger charge is 1.96. The van der Waals surface area contributed by atoms with Crippen LogP contribution in [0.15, 0.2) is 54.9 Å². The zero-order valence-electron chi connectivity index (χ0n) is 8.97. The Kier molecular flexibility index (Phi) is 5.48. The number of aromatic nitrogens is 1. The Labute approximate surface area is 94.8 Å². The molecule has 3 nitrogen and oxygen atoms in total. The first-order valence-electron chi connectivity index (χ1n) is 5.12. The van der Waals surface area contributed by atoms with Crippen LogP contribution in [-0.2, 0) is 11.2 Å². The van der Waals surface area contributed by atoms with Crippen molar-refractivity contribution in [3.05, 3.63) is 60.4 Å². The van der Waals surface area contributed by atoms with Crippen LogP contribution in [0, 0.1) is 0 Å². The maximum atomic E-state index is 10.2. The Hall–Kier alpha value is -2.03. The number of aryl methyl sites for hydroxylation is 1. The third kappa shape index (κ3) is 5.65. The maximum Gasteiger partial charge on any atom is 0.303 e. The lowest BCUT2D eigenvalue weighted by Gasteiger charge is -1.95. The lowest BCUT2D eigenvalue weighted by atomic mass is 10.1. The van der Waals surface area contributed by atoms with Gasteiger partial charge >= 0.3 is 5.97 Å². The molecule has 0 atom stereocenters. The minimum atomic E-state index is -0.742. The topological polar surface area (TPSA) is 53.1 Å². The van der Waals surface area contributed by atoms with E-state index in [1.807, 2.05) is 54.9 Å². The molecule has 0 saturated heterocycles. The largest absolute Gasteiger partial charge is 0.481 e. The molecule has 1 aromatic carbocycles. The molecule has 0 aliphatic carbocycles. The summed E-state index contributed by atoms with van der Waals surface area (Å²) in [5.74, 6) is -0.742. The fraction of sp³-hybridized carbons (Fsp3) is 0.154. The molecule has 84 valence electrons. The average Bonchev–Trinajstić information content (AvgIpc) is 2.86. The van der Waals surface area contributed by atoms with E-state index in [0.29, 0.717) is 6.42 Å². The van der Waals surface area contributed by atoms with Gasteiger partial charge in [0.05, 0.1) is 0 Å². The van der Waals surface area contributed by atoms with Crippen molar-refractivity contribution in [2.45, 2.75) is 12.8 Å². The summed E-state index contributed by atoms with van der Waals surface area (Å²) in [5, 5.41) is 8.37. The normalized spacial score (nSPS) is 9.00. The van der Waals surface area contributed by atoms with Gasteiger partial charge < -0.3 is 10.1 Å². The molecule has 2 rings (SSSR count). The number of rotatable bonds is 3. The molecule has 3 heteroatoms. The van der Waals surface area contributed by atoms with Crippen LogP contribution in [-0.4, -0.2) is 16.1 Å². The zero-order valence-corrected chi connectivity index (χ0v) is 8.97. The number of nitrogens with one attached hydrogen (secondary N) is 1. The molecule has 0 fully saturated rings. The van der Waals surface area contributed by atoms with Gasteiger partial charge in [-0.05, 0) is 24.1 Å². The van der Waals surface area contributed by atoms with E-state index in [1.165, 1.54) is 0 Å². The van der Waals surface area contributed by atoms with Crippen LogP contribution in [0.2, 0.25) is 0 Å². The lowest BCUT2D eigenvalue weighted by Crippen LogP contribution is -1.96. The smallest absolute Gasteiger partial charge is 0.303 e. The van der Waals surface area contributed by atoms with Gasteiger partial charge in [-0.2, -0.15) is 0 Å². The SMILES string of the molecule is O=C(O)CCc1ccccc1.c1cc[nH]c1. The molecule has 0 unspecified atom stereocenters. The molecular formula is C13H15NO2. The Morgan fingerprint density at radius 1 is 1.06 bits per heavy atom. The molecule has 0 saturated carbocycles. The number of carboxylic acids is 1. The van der Waals surface area contributed by atoms with E-state index < -0.39 is 5.97 Å². The standard InChI is InChI=1S/C9H10O2.C4H5N/c10-9(11)7-6-8-4-2-1-3-5-8;1-2-4-5-3-1/h1-5H,6-7H2,(H,10,11);1-5H. The van der Waals surface area contributed by atoms with Crippen LogP contribution in [0.5, 0.6) is 0 Å². The number of hydrogen-bond donors (Lipinski definition) is 2. The number of hydrogen-bond acceptors (Lipinski definition) is 1. The monoisotopic (exact) mass is 217 g/mol. The molecule has 1 aromatic heterocycles. The maximum absolute atomic E-state index is 10.2. The molecule has 16 heavy (non-hydrogen) atoms. The number of carbonyl (C=O) groups is 1. The van der Waals surface area contributed by atoms with E-state index in [2.05, 4.69) is 4.98 Å². The van der Waals surface area contributed by atoms with Crippen LogP contribution >= 0.6 is 0 Å².